The third-order valence-electron chi connectivity index (χ3n) is 5.69. The summed E-state index contributed by atoms with van der Waals surface area (Å²) < 4.78 is 1.84. The molecule has 1 aliphatic carbocycles. The average Bonchev–Trinajstić information content (AvgIpc) is 3.02. The largest absolute Gasteiger partial charge is 0.390 e. The van der Waals surface area contributed by atoms with Crippen molar-refractivity contribution in [1.82, 2.24) is 25.0 Å². The number of pyridine rings is 1. The highest BCUT2D eigenvalue weighted by Gasteiger charge is 2.31. The molecule has 2 aromatic rings. The van der Waals surface area contributed by atoms with Gasteiger partial charge in [0.2, 0.25) is 0 Å². The molecule has 0 saturated carbocycles. The maximum absolute atomic E-state index is 12.8. The molecular formula is C20H27N5O2. The molecule has 0 aromatic carbocycles. The molecule has 2 atom stereocenters. The van der Waals surface area contributed by atoms with Gasteiger partial charge < -0.3 is 10.4 Å². The van der Waals surface area contributed by atoms with Gasteiger partial charge >= 0.3 is 0 Å². The van der Waals surface area contributed by atoms with Crippen LogP contribution in [0, 0.1) is 0 Å². The van der Waals surface area contributed by atoms with E-state index in [0.717, 1.165) is 56.3 Å². The van der Waals surface area contributed by atoms with Gasteiger partial charge in [-0.15, -0.1) is 0 Å². The molecule has 1 amide bonds. The van der Waals surface area contributed by atoms with Gasteiger partial charge in [-0.25, -0.2) is 0 Å². The molecule has 7 nitrogen and oxygen atoms in total. The number of hydrogen-bond donors (Lipinski definition) is 2. The third kappa shape index (κ3) is 3.89. The van der Waals surface area contributed by atoms with Crippen molar-refractivity contribution in [3.8, 4) is 0 Å². The molecule has 7 heteroatoms. The summed E-state index contributed by atoms with van der Waals surface area (Å²) in [6.07, 6.45) is 7.91. The fourth-order valence-corrected chi connectivity index (χ4v) is 4.25. The van der Waals surface area contributed by atoms with Crippen LogP contribution in [0.3, 0.4) is 0 Å². The summed E-state index contributed by atoms with van der Waals surface area (Å²) in [6, 6.07) is 3.73. The Hall–Kier alpha value is -2.25. The van der Waals surface area contributed by atoms with Crippen molar-refractivity contribution in [2.24, 2.45) is 7.05 Å². The van der Waals surface area contributed by atoms with Gasteiger partial charge in [0, 0.05) is 50.3 Å². The summed E-state index contributed by atoms with van der Waals surface area (Å²) in [5.41, 5.74) is 3.94. The van der Waals surface area contributed by atoms with Crippen molar-refractivity contribution in [3.05, 3.63) is 47.0 Å². The van der Waals surface area contributed by atoms with Crippen molar-refractivity contribution in [3.63, 3.8) is 0 Å². The van der Waals surface area contributed by atoms with Crippen LogP contribution in [0.5, 0.6) is 0 Å². The number of aromatic nitrogens is 3. The van der Waals surface area contributed by atoms with Gasteiger partial charge in [-0.05, 0) is 43.7 Å². The molecule has 0 unspecified atom stereocenters. The van der Waals surface area contributed by atoms with E-state index in [1.54, 1.807) is 6.20 Å². The molecule has 2 N–H and O–H groups in total. The summed E-state index contributed by atoms with van der Waals surface area (Å²) in [5, 5.41) is 18.0. The van der Waals surface area contributed by atoms with Gasteiger partial charge in [0.15, 0.2) is 5.69 Å². The summed E-state index contributed by atoms with van der Waals surface area (Å²) in [5.74, 6) is -0.154. The lowest BCUT2D eigenvalue weighted by Crippen LogP contribution is -2.53. The number of nitrogens with one attached hydrogen (secondary N) is 1. The van der Waals surface area contributed by atoms with E-state index >= 15 is 0 Å². The lowest BCUT2D eigenvalue weighted by atomic mass is 9.95. The predicted octanol–water partition coefficient (Wildman–Crippen LogP) is 1.06. The first-order valence-electron chi connectivity index (χ1n) is 9.77. The fraction of sp³-hybridized carbons (Fsp3) is 0.550. The highest BCUT2D eigenvalue weighted by Crippen LogP contribution is 2.24. The Morgan fingerprint density at radius 2 is 2.22 bits per heavy atom. The second-order valence-corrected chi connectivity index (χ2v) is 7.64. The Labute approximate surface area is 159 Å². The number of rotatable bonds is 4. The summed E-state index contributed by atoms with van der Waals surface area (Å²) in [4.78, 5) is 19.1. The minimum Gasteiger partial charge on any atom is -0.390 e. The first-order valence-corrected chi connectivity index (χ1v) is 9.77. The highest BCUT2D eigenvalue weighted by atomic mass is 16.3. The van der Waals surface area contributed by atoms with E-state index in [1.807, 2.05) is 30.1 Å². The first kappa shape index (κ1) is 18.1. The predicted molar refractivity (Wildman–Crippen MR) is 101 cm³/mol. The molecule has 2 aromatic heterocycles. The van der Waals surface area contributed by atoms with Crippen molar-refractivity contribution in [1.29, 1.82) is 0 Å². The number of hydrogen-bond acceptors (Lipinski definition) is 5. The van der Waals surface area contributed by atoms with Crippen molar-refractivity contribution in [2.75, 3.05) is 13.1 Å². The van der Waals surface area contributed by atoms with Gasteiger partial charge in [0.25, 0.3) is 5.91 Å². The number of likely N-dealkylation sites (tertiary alicyclic amines) is 1. The molecule has 0 spiro atoms. The lowest BCUT2D eigenvalue weighted by molar-refractivity contribution is 0.0348. The second-order valence-electron chi connectivity index (χ2n) is 7.64. The quantitative estimate of drug-likeness (QED) is 0.842. The number of aliphatic hydroxyl groups excluding tert-OH is 1. The zero-order valence-corrected chi connectivity index (χ0v) is 15.8. The van der Waals surface area contributed by atoms with Crippen LogP contribution in [0.4, 0.5) is 0 Å². The van der Waals surface area contributed by atoms with E-state index in [0.29, 0.717) is 12.2 Å². The van der Waals surface area contributed by atoms with Gasteiger partial charge in [0.1, 0.15) is 0 Å². The molecule has 3 heterocycles. The fourth-order valence-electron chi connectivity index (χ4n) is 4.25. The van der Waals surface area contributed by atoms with Crippen LogP contribution in [0.2, 0.25) is 0 Å². The standard InChI is InChI=1S/C20H27N5O2/c1-24-17-7-3-2-6-15(17)19(23-24)20(27)22-16-8-10-25(13-18(16)26)12-14-5-4-9-21-11-14/h4-5,9,11,16,18,26H,2-3,6-8,10,12-13H2,1H3,(H,22,27)/t16-,18-/m1/s1. The monoisotopic (exact) mass is 369 g/mol. The zero-order chi connectivity index (χ0) is 18.8. The van der Waals surface area contributed by atoms with Gasteiger partial charge in [-0.1, -0.05) is 6.07 Å². The van der Waals surface area contributed by atoms with E-state index in [-0.39, 0.29) is 11.9 Å². The Morgan fingerprint density at radius 1 is 1.37 bits per heavy atom. The minimum absolute atomic E-state index is 0.154. The molecule has 1 aliphatic heterocycles. The van der Waals surface area contributed by atoms with Crippen LogP contribution in [0.15, 0.2) is 24.5 Å². The van der Waals surface area contributed by atoms with Crippen LogP contribution in [-0.2, 0) is 26.4 Å². The van der Waals surface area contributed by atoms with Gasteiger partial charge in [-0.3, -0.25) is 19.4 Å². The molecule has 0 bridgehead atoms. The molecule has 2 aliphatic rings. The average molecular weight is 369 g/mol. The van der Waals surface area contributed by atoms with Crippen molar-refractivity contribution >= 4 is 5.91 Å². The normalized spacial score (nSPS) is 23.0. The number of amides is 1. The third-order valence-corrected chi connectivity index (χ3v) is 5.69. The Kier molecular flexibility index (Phi) is 5.22. The SMILES string of the molecule is Cn1nc(C(=O)N[C@@H]2CCN(Cc3cccnc3)C[C@H]2O)c2c1CCCC2. The van der Waals surface area contributed by atoms with Crippen LogP contribution < -0.4 is 5.32 Å². The lowest BCUT2D eigenvalue weighted by Gasteiger charge is -2.36. The molecule has 144 valence electrons. The molecule has 27 heavy (non-hydrogen) atoms. The molecule has 4 rings (SSSR count). The summed E-state index contributed by atoms with van der Waals surface area (Å²) in [7, 11) is 1.91. The number of carbonyl (C=O) groups is 1. The van der Waals surface area contributed by atoms with Crippen LogP contribution >= 0.6 is 0 Å². The molecule has 1 saturated heterocycles. The minimum atomic E-state index is -0.584. The molecule has 1 fully saturated rings. The van der Waals surface area contributed by atoms with Crippen molar-refractivity contribution < 1.29 is 9.90 Å². The smallest absolute Gasteiger partial charge is 0.272 e. The maximum atomic E-state index is 12.8. The number of fused-ring (bicyclic) bond motifs is 1. The van der Waals surface area contributed by atoms with Crippen molar-refractivity contribution in [2.45, 2.75) is 50.8 Å². The summed E-state index contributed by atoms with van der Waals surface area (Å²) >= 11 is 0. The topological polar surface area (TPSA) is 83.3 Å². The van der Waals surface area contributed by atoms with E-state index in [4.69, 9.17) is 0 Å². The summed E-state index contributed by atoms with van der Waals surface area (Å²) in [6.45, 7) is 2.14. The first-order chi connectivity index (χ1) is 13.1. The van der Waals surface area contributed by atoms with Gasteiger partial charge in [0.05, 0.1) is 12.1 Å². The van der Waals surface area contributed by atoms with Crippen LogP contribution in [0.25, 0.3) is 0 Å². The Balaban J connectivity index is 1.37. The van der Waals surface area contributed by atoms with E-state index in [2.05, 4.69) is 20.3 Å². The Morgan fingerprint density at radius 3 is 3.00 bits per heavy atom. The number of aliphatic hydroxyl groups is 1. The number of β-amino-alcohol motifs (C(OH)–C–C–N with tert-alkyl or cyclic N) is 1. The van der Waals surface area contributed by atoms with E-state index < -0.39 is 6.10 Å². The number of carbonyl (C=O) groups excluding carboxylic acids is 1. The number of aryl methyl sites for hydroxylation is 1. The van der Waals surface area contributed by atoms with Crippen LogP contribution in [0.1, 0.15) is 46.6 Å². The molecule has 0 radical (unpaired) electrons. The molecular weight excluding hydrogens is 342 g/mol. The van der Waals surface area contributed by atoms with E-state index in [9.17, 15) is 9.90 Å². The highest BCUT2D eigenvalue weighted by molar-refractivity contribution is 5.94. The number of piperidine rings is 1. The van der Waals surface area contributed by atoms with Crippen LogP contribution in [-0.4, -0.2) is 55.9 Å². The zero-order valence-electron chi connectivity index (χ0n) is 15.8. The number of nitrogens with zero attached hydrogens (tertiary/aromatic N) is 4. The van der Waals surface area contributed by atoms with Gasteiger partial charge in [-0.2, -0.15) is 5.10 Å². The maximum Gasteiger partial charge on any atom is 0.272 e. The second kappa shape index (κ2) is 7.78. The Bertz CT molecular complexity index is 804. The van der Waals surface area contributed by atoms with E-state index in [1.165, 1.54) is 5.69 Å².